The number of carbonyl (C=O) groups excluding carboxylic acids is 1. The van der Waals surface area contributed by atoms with Gasteiger partial charge in [0, 0.05) is 5.69 Å². The molecule has 0 spiro atoms. The first kappa shape index (κ1) is 16.1. The summed E-state index contributed by atoms with van der Waals surface area (Å²) in [5, 5.41) is 3.01. The molecule has 1 amide bonds. The predicted molar refractivity (Wildman–Crippen MR) is 90.3 cm³/mol. The monoisotopic (exact) mass is 297 g/mol. The van der Waals surface area contributed by atoms with Gasteiger partial charge in [-0.2, -0.15) is 0 Å². The highest BCUT2D eigenvalue weighted by atomic mass is 16.5. The number of benzene rings is 2. The van der Waals surface area contributed by atoms with Gasteiger partial charge >= 0.3 is 0 Å². The molecular weight excluding hydrogens is 274 g/mol. The first-order chi connectivity index (χ1) is 10.7. The van der Waals surface area contributed by atoms with Crippen molar-refractivity contribution in [1.82, 2.24) is 0 Å². The van der Waals surface area contributed by atoms with Crippen LogP contribution >= 0.6 is 0 Å². The molecule has 0 saturated carbocycles. The minimum absolute atomic E-state index is 0.0331. The zero-order valence-electron chi connectivity index (χ0n) is 13.4. The van der Waals surface area contributed by atoms with Gasteiger partial charge < -0.3 is 10.1 Å². The maximum Gasteiger partial charge on any atom is 0.232 e. The van der Waals surface area contributed by atoms with E-state index in [0.29, 0.717) is 0 Å². The molecule has 2 aromatic carbocycles. The van der Waals surface area contributed by atoms with Gasteiger partial charge in [0.15, 0.2) is 0 Å². The van der Waals surface area contributed by atoms with Crippen molar-refractivity contribution in [2.75, 3.05) is 12.4 Å². The van der Waals surface area contributed by atoms with Crippen LogP contribution in [0.5, 0.6) is 5.75 Å². The summed E-state index contributed by atoms with van der Waals surface area (Å²) in [6, 6.07) is 17.4. The van der Waals surface area contributed by atoms with Crippen molar-refractivity contribution in [3.8, 4) is 5.75 Å². The summed E-state index contributed by atoms with van der Waals surface area (Å²) < 4.78 is 5.13. The zero-order valence-corrected chi connectivity index (χ0v) is 13.4. The van der Waals surface area contributed by atoms with Crippen LogP contribution in [0.4, 0.5) is 5.69 Å². The van der Waals surface area contributed by atoms with Gasteiger partial charge in [0.05, 0.1) is 13.0 Å². The molecule has 3 heteroatoms. The number of carbonyl (C=O) groups is 1. The fourth-order valence-corrected chi connectivity index (χ4v) is 2.53. The first-order valence-corrected chi connectivity index (χ1v) is 7.65. The topological polar surface area (TPSA) is 38.3 Å². The quantitative estimate of drug-likeness (QED) is 0.854. The number of methoxy groups -OCH3 is 1. The van der Waals surface area contributed by atoms with E-state index in [1.54, 1.807) is 7.11 Å². The highest BCUT2D eigenvalue weighted by Gasteiger charge is 2.25. The summed E-state index contributed by atoms with van der Waals surface area (Å²) in [5.41, 5.74) is 1.85. The number of anilines is 1. The van der Waals surface area contributed by atoms with E-state index in [9.17, 15) is 4.79 Å². The molecule has 0 heterocycles. The third-order valence-corrected chi connectivity index (χ3v) is 4.01. The van der Waals surface area contributed by atoms with E-state index in [1.165, 1.54) is 0 Å². The zero-order chi connectivity index (χ0) is 15.9. The number of amides is 1. The van der Waals surface area contributed by atoms with Crippen molar-refractivity contribution in [2.45, 2.75) is 26.2 Å². The van der Waals surface area contributed by atoms with E-state index in [1.807, 2.05) is 54.6 Å². The van der Waals surface area contributed by atoms with Crippen molar-refractivity contribution in [1.29, 1.82) is 0 Å². The molecule has 22 heavy (non-hydrogen) atoms. The molecule has 0 aliphatic rings. The van der Waals surface area contributed by atoms with E-state index < -0.39 is 0 Å². The fourth-order valence-electron chi connectivity index (χ4n) is 2.53. The second-order valence-electron chi connectivity index (χ2n) is 5.49. The van der Waals surface area contributed by atoms with Crippen LogP contribution in [-0.4, -0.2) is 13.0 Å². The lowest BCUT2D eigenvalue weighted by Gasteiger charge is -2.22. The lowest BCUT2D eigenvalue weighted by molar-refractivity contribution is -0.118. The first-order valence-electron chi connectivity index (χ1n) is 7.65. The average Bonchev–Trinajstić information content (AvgIpc) is 2.56. The van der Waals surface area contributed by atoms with Crippen molar-refractivity contribution in [3.63, 3.8) is 0 Å². The van der Waals surface area contributed by atoms with Crippen molar-refractivity contribution in [3.05, 3.63) is 60.2 Å². The van der Waals surface area contributed by atoms with E-state index in [4.69, 9.17) is 4.74 Å². The second-order valence-corrected chi connectivity index (χ2v) is 5.49. The Labute approximate surface area is 132 Å². The van der Waals surface area contributed by atoms with Crippen LogP contribution in [0.1, 0.15) is 31.7 Å². The molecule has 116 valence electrons. The Morgan fingerprint density at radius 3 is 2.27 bits per heavy atom. The summed E-state index contributed by atoms with van der Waals surface area (Å²) in [7, 11) is 1.63. The van der Waals surface area contributed by atoms with E-state index in [2.05, 4.69) is 19.2 Å². The Morgan fingerprint density at radius 1 is 1.09 bits per heavy atom. The average molecular weight is 297 g/mol. The Kier molecular flexibility index (Phi) is 5.59. The van der Waals surface area contributed by atoms with Crippen LogP contribution in [0.2, 0.25) is 0 Å². The van der Waals surface area contributed by atoms with Gasteiger partial charge in [0.2, 0.25) is 5.91 Å². The lowest BCUT2D eigenvalue weighted by Crippen LogP contribution is -2.26. The molecule has 0 aromatic heterocycles. The van der Waals surface area contributed by atoms with Crippen LogP contribution < -0.4 is 10.1 Å². The third-order valence-electron chi connectivity index (χ3n) is 4.01. The van der Waals surface area contributed by atoms with Crippen LogP contribution in [0.3, 0.4) is 0 Å². The minimum atomic E-state index is -0.145. The molecule has 2 aromatic rings. The highest BCUT2D eigenvalue weighted by molar-refractivity contribution is 5.96. The molecule has 0 saturated heterocycles. The number of nitrogens with one attached hydrogen (secondary N) is 1. The number of rotatable bonds is 6. The predicted octanol–water partition coefficient (Wildman–Crippen LogP) is 4.46. The van der Waals surface area contributed by atoms with Crippen LogP contribution in [0.25, 0.3) is 0 Å². The summed E-state index contributed by atoms with van der Waals surface area (Å²) in [4.78, 5) is 12.7. The van der Waals surface area contributed by atoms with E-state index >= 15 is 0 Å². The third kappa shape index (κ3) is 3.88. The lowest BCUT2D eigenvalue weighted by atomic mass is 9.85. The molecule has 2 rings (SSSR count). The van der Waals surface area contributed by atoms with E-state index in [-0.39, 0.29) is 17.7 Å². The van der Waals surface area contributed by atoms with Crippen molar-refractivity contribution in [2.24, 2.45) is 5.92 Å². The van der Waals surface area contributed by atoms with Crippen molar-refractivity contribution < 1.29 is 9.53 Å². The van der Waals surface area contributed by atoms with Gasteiger partial charge in [-0.15, -0.1) is 0 Å². The molecule has 0 radical (unpaired) electrons. The van der Waals surface area contributed by atoms with Crippen molar-refractivity contribution >= 4 is 11.6 Å². The molecule has 2 atom stereocenters. The molecule has 3 nitrogen and oxygen atoms in total. The molecule has 1 N–H and O–H groups in total. The highest BCUT2D eigenvalue weighted by Crippen LogP contribution is 2.28. The maximum absolute atomic E-state index is 12.7. The van der Waals surface area contributed by atoms with Gasteiger partial charge in [-0.25, -0.2) is 0 Å². The Hall–Kier alpha value is -2.29. The summed E-state index contributed by atoms with van der Waals surface area (Å²) in [6.07, 6.45) is 0.954. The Morgan fingerprint density at radius 2 is 1.73 bits per heavy atom. The van der Waals surface area contributed by atoms with Gasteiger partial charge in [-0.1, -0.05) is 50.6 Å². The molecule has 0 fully saturated rings. The molecule has 0 bridgehead atoms. The number of ether oxygens (including phenoxy) is 1. The van der Waals surface area contributed by atoms with Crippen LogP contribution in [-0.2, 0) is 4.79 Å². The Bertz CT molecular complexity index is 593. The smallest absolute Gasteiger partial charge is 0.232 e. The standard InChI is InChI=1S/C19H23NO2/c1-4-14(2)18(15-8-6-5-7-9-15)19(21)20-16-10-12-17(22-3)13-11-16/h5-14,18H,4H2,1-3H3,(H,20,21). The molecule has 0 aliphatic carbocycles. The van der Waals surface area contributed by atoms with Gasteiger partial charge in [-0.05, 0) is 35.7 Å². The minimum Gasteiger partial charge on any atom is -0.497 e. The largest absolute Gasteiger partial charge is 0.497 e. The maximum atomic E-state index is 12.7. The van der Waals surface area contributed by atoms with Gasteiger partial charge in [0.1, 0.15) is 5.75 Å². The van der Waals surface area contributed by atoms with Gasteiger partial charge in [0.25, 0.3) is 0 Å². The fraction of sp³-hybridized carbons (Fsp3) is 0.316. The molecule has 2 unspecified atom stereocenters. The SMILES string of the molecule is CCC(C)C(C(=O)Nc1ccc(OC)cc1)c1ccccc1. The number of hydrogen-bond donors (Lipinski definition) is 1. The summed E-state index contributed by atoms with van der Waals surface area (Å²) in [5.74, 6) is 0.944. The van der Waals surface area contributed by atoms with Crippen LogP contribution in [0, 0.1) is 5.92 Å². The van der Waals surface area contributed by atoms with Crippen LogP contribution in [0.15, 0.2) is 54.6 Å². The number of hydrogen-bond acceptors (Lipinski definition) is 2. The molecular formula is C19H23NO2. The Balaban J connectivity index is 2.18. The van der Waals surface area contributed by atoms with E-state index in [0.717, 1.165) is 23.4 Å². The second kappa shape index (κ2) is 7.64. The normalized spacial score (nSPS) is 13.2. The summed E-state index contributed by atoms with van der Waals surface area (Å²) in [6.45, 7) is 4.23. The molecule has 0 aliphatic heterocycles. The summed E-state index contributed by atoms with van der Waals surface area (Å²) >= 11 is 0. The van der Waals surface area contributed by atoms with Gasteiger partial charge in [-0.3, -0.25) is 4.79 Å².